The van der Waals surface area contributed by atoms with Gasteiger partial charge in [-0.3, -0.25) is 17.9 Å². The maximum atomic E-state index is 2.99. The first-order valence-electron chi connectivity index (χ1n) is 20.1. The number of benzene rings is 2. The topological polar surface area (TPSA) is 13.0 Å². The summed E-state index contributed by atoms with van der Waals surface area (Å²) >= 11 is 0. The molecule has 52 heavy (non-hydrogen) atoms. The average Bonchev–Trinajstić information content (AvgIpc) is 3.10. The summed E-state index contributed by atoms with van der Waals surface area (Å²) < 4.78 is 5.21. The number of rotatable bonds is 0. The molecule has 8 nitrogen and oxygen atoms in total. The number of hydrogen-bond acceptors (Lipinski definition) is 4. The highest BCUT2D eigenvalue weighted by Crippen LogP contribution is 2.46. The van der Waals surface area contributed by atoms with Crippen LogP contribution in [0, 0.1) is 0 Å². The Bertz CT molecular complexity index is 1380. The third kappa shape index (κ3) is 6.14. The van der Waals surface area contributed by atoms with Gasteiger partial charge in [-0.1, -0.05) is 36.4 Å². The van der Waals surface area contributed by atoms with Crippen LogP contribution in [0.25, 0.3) is 0 Å². The fraction of sp³-hybridized carbons (Fsp3) is 0.700. The highest BCUT2D eigenvalue weighted by atomic mass is 79.9. The van der Waals surface area contributed by atoms with Gasteiger partial charge in [-0.2, -0.15) is 0 Å². The molecule has 9 aliphatic heterocycles. The number of quaternary nitrogens is 4. The van der Waals surface area contributed by atoms with Gasteiger partial charge >= 0.3 is 0 Å². The average molecular weight is 973 g/mol. The largest absolute Gasteiger partial charge is 1.00 e. The van der Waals surface area contributed by atoms with E-state index in [1.807, 2.05) is 0 Å². The van der Waals surface area contributed by atoms with Crippen LogP contribution in [0.1, 0.15) is 47.9 Å². The predicted octanol–water partition coefficient (Wildman–Crippen LogP) is -9.13. The highest BCUT2D eigenvalue weighted by molar-refractivity contribution is 5.24. The van der Waals surface area contributed by atoms with E-state index in [1.54, 1.807) is 22.3 Å². The van der Waals surface area contributed by atoms with Gasteiger partial charge in [-0.25, -0.2) is 19.6 Å². The molecular formula is C40H60Br4N8. The summed E-state index contributed by atoms with van der Waals surface area (Å²) in [5, 5.41) is 0. The van der Waals surface area contributed by atoms with Crippen LogP contribution in [0.4, 0.5) is 0 Å². The van der Waals surface area contributed by atoms with E-state index < -0.39 is 0 Å². The van der Waals surface area contributed by atoms with Crippen LogP contribution in [0.5, 0.6) is 0 Å². The summed E-state index contributed by atoms with van der Waals surface area (Å²) in [5.41, 5.74) is 6.47. The molecule has 8 saturated heterocycles. The molecule has 0 aliphatic carbocycles. The van der Waals surface area contributed by atoms with Gasteiger partial charge in [-0.05, 0) is 12.1 Å². The van der Waals surface area contributed by atoms with Crippen molar-refractivity contribution in [1.82, 2.24) is 19.6 Å². The van der Waals surface area contributed by atoms with E-state index in [9.17, 15) is 0 Å². The number of fused-ring (bicyclic) bond motifs is 4. The van der Waals surface area contributed by atoms with E-state index in [0.29, 0.717) is 24.7 Å². The van der Waals surface area contributed by atoms with Gasteiger partial charge in [0.15, 0.2) is 0 Å². The van der Waals surface area contributed by atoms with Gasteiger partial charge < -0.3 is 67.9 Å². The second kappa shape index (κ2) is 15.1. The molecule has 9 heterocycles. The SMILES string of the molecule is [Br-].[Br-].[Br-].[Br-].c1cc2cc(c1)C[N+]13CCCN4CC[N+]5(CCCN(CC1)C5C43)Cc1cccc(c1)C[N+]13CCCN4CC[N+]5(CCCN(CC1)C5C43)C2. The molecule has 12 bridgehead atoms. The summed E-state index contributed by atoms with van der Waals surface area (Å²) in [7, 11) is 0. The Labute approximate surface area is 355 Å². The van der Waals surface area contributed by atoms with E-state index in [2.05, 4.69) is 68.1 Å². The second-order valence-electron chi connectivity index (χ2n) is 18.1. The molecule has 0 radical (unpaired) electrons. The predicted molar refractivity (Wildman–Crippen MR) is 188 cm³/mol. The molecular weight excluding hydrogens is 912 g/mol. The second-order valence-corrected chi connectivity index (χ2v) is 18.1. The normalized spacial score (nSPS) is 40.9. The fourth-order valence-corrected chi connectivity index (χ4v) is 14.1. The Morgan fingerprint density at radius 2 is 0.596 bits per heavy atom. The van der Waals surface area contributed by atoms with Gasteiger partial charge in [0.1, 0.15) is 26.2 Å². The third-order valence-corrected chi connectivity index (χ3v) is 15.8. The third-order valence-electron chi connectivity index (χ3n) is 15.8. The molecule has 2 aromatic carbocycles. The fourth-order valence-electron chi connectivity index (χ4n) is 14.1. The number of nitrogens with zero attached hydrogens (tertiary/aromatic N) is 8. The van der Waals surface area contributed by atoms with Crippen LogP contribution >= 0.6 is 0 Å². The lowest BCUT2D eigenvalue weighted by Crippen LogP contribution is -3.00. The van der Waals surface area contributed by atoms with E-state index in [0.717, 1.165) is 0 Å². The van der Waals surface area contributed by atoms with Crippen molar-refractivity contribution >= 4 is 0 Å². The molecule has 2 aromatic rings. The highest BCUT2D eigenvalue weighted by Gasteiger charge is 2.66. The molecule has 8 atom stereocenters. The quantitative estimate of drug-likeness (QED) is 0.244. The first-order valence-corrected chi connectivity index (χ1v) is 20.1. The molecule has 0 amide bonds. The van der Waals surface area contributed by atoms with E-state index >= 15 is 0 Å². The Balaban J connectivity index is 0.00000105. The zero-order chi connectivity index (χ0) is 31.6. The van der Waals surface area contributed by atoms with E-state index in [1.165, 1.54) is 175 Å². The van der Waals surface area contributed by atoms with Crippen LogP contribution in [-0.4, -0.2) is 167 Å². The lowest BCUT2D eigenvalue weighted by atomic mass is 9.91. The molecule has 0 saturated carbocycles. The van der Waals surface area contributed by atoms with E-state index in [4.69, 9.17) is 0 Å². The van der Waals surface area contributed by atoms with Gasteiger partial charge in [0.25, 0.3) is 0 Å². The molecule has 9 aliphatic rings. The molecule has 0 N–H and O–H groups in total. The van der Waals surface area contributed by atoms with Crippen LogP contribution in [-0.2, 0) is 26.2 Å². The van der Waals surface area contributed by atoms with Crippen molar-refractivity contribution in [2.24, 2.45) is 0 Å². The van der Waals surface area contributed by atoms with Crippen LogP contribution < -0.4 is 67.9 Å². The Morgan fingerprint density at radius 1 is 0.346 bits per heavy atom. The zero-order valence-corrected chi connectivity index (χ0v) is 37.3. The van der Waals surface area contributed by atoms with Crippen molar-refractivity contribution in [3.8, 4) is 0 Å². The van der Waals surface area contributed by atoms with Crippen LogP contribution in [0.15, 0.2) is 48.5 Å². The van der Waals surface area contributed by atoms with Crippen molar-refractivity contribution in [3.63, 3.8) is 0 Å². The smallest absolute Gasteiger partial charge is 0.214 e. The number of piperazine rings is 4. The van der Waals surface area contributed by atoms with Gasteiger partial charge in [0.05, 0.1) is 78.5 Å². The standard InChI is InChI=1S/C40H60N8.4BrH/c1-7-33-27-34(8-1)30-46-20-4-12-42-18-26-48(22-6-14-44(16-24-46)40(48)38(42)46)32-36-10-2-9-35(28-36)31-47-21-5-13-43-15-23-45(29-33)19-3-11-41(17-25-47)37(45)39(43)47;;;;/h1-2,7-10,27-28,37-40H,3-6,11-26,29-32H2;4*1H/q+4;;;;/p-4. The van der Waals surface area contributed by atoms with Crippen LogP contribution in [0.3, 0.4) is 0 Å². The van der Waals surface area contributed by atoms with Gasteiger partial charge in [0, 0.05) is 74.1 Å². The number of hydrogen-bond donors (Lipinski definition) is 0. The van der Waals surface area contributed by atoms with Crippen molar-refractivity contribution in [1.29, 1.82) is 0 Å². The van der Waals surface area contributed by atoms with Gasteiger partial charge in [0.2, 0.25) is 24.7 Å². The van der Waals surface area contributed by atoms with Crippen molar-refractivity contribution < 1.29 is 85.9 Å². The lowest BCUT2D eigenvalue weighted by molar-refractivity contribution is -1.07. The Morgan fingerprint density at radius 3 is 0.846 bits per heavy atom. The maximum Gasteiger partial charge on any atom is 0.214 e. The summed E-state index contributed by atoms with van der Waals surface area (Å²) in [6.45, 7) is 26.0. The minimum absolute atomic E-state index is 0. The molecule has 11 rings (SSSR count). The molecule has 12 heteroatoms. The first kappa shape index (κ1) is 40.2. The molecule has 8 unspecified atom stereocenters. The van der Waals surface area contributed by atoms with Crippen molar-refractivity contribution in [2.45, 2.75) is 76.5 Å². The summed E-state index contributed by atoms with van der Waals surface area (Å²) in [5.74, 6) is 0. The minimum atomic E-state index is 0. The molecule has 0 aromatic heterocycles. The summed E-state index contributed by atoms with van der Waals surface area (Å²) in [6.07, 6.45) is 7.99. The summed E-state index contributed by atoms with van der Waals surface area (Å²) in [4.78, 5) is 12.0. The van der Waals surface area contributed by atoms with E-state index in [-0.39, 0.29) is 67.9 Å². The van der Waals surface area contributed by atoms with Crippen LogP contribution in [0.2, 0.25) is 0 Å². The maximum absolute atomic E-state index is 2.99. The Hall–Kier alpha value is 0.0400. The molecule has 0 spiro atoms. The lowest BCUT2D eigenvalue weighted by Gasteiger charge is -2.67. The Kier molecular flexibility index (Phi) is 11.7. The van der Waals surface area contributed by atoms with Gasteiger partial charge in [-0.15, -0.1) is 0 Å². The minimum Gasteiger partial charge on any atom is -1.00 e. The van der Waals surface area contributed by atoms with Crippen molar-refractivity contribution in [3.05, 3.63) is 70.8 Å². The monoisotopic (exact) mass is 968 g/mol. The first-order chi connectivity index (χ1) is 23.6. The molecule has 288 valence electrons. The number of halogens is 4. The van der Waals surface area contributed by atoms with Crippen molar-refractivity contribution in [2.75, 3.05) is 105 Å². The molecule has 8 fully saturated rings. The summed E-state index contributed by atoms with van der Waals surface area (Å²) in [6, 6.07) is 20.4. The zero-order valence-electron chi connectivity index (χ0n) is 31.0.